The van der Waals surface area contributed by atoms with Gasteiger partial charge in [-0.05, 0) is 31.5 Å². The van der Waals surface area contributed by atoms with Gasteiger partial charge >= 0.3 is 5.97 Å². The summed E-state index contributed by atoms with van der Waals surface area (Å²) in [5.74, 6) is -2.67. The molecule has 0 saturated heterocycles. The summed E-state index contributed by atoms with van der Waals surface area (Å²) in [6, 6.07) is 7.21. The van der Waals surface area contributed by atoms with Gasteiger partial charge in [0.05, 0.1) is 0 Å². The molecule has 80 valence electrons. The Hall–Kier alpha value is -1.84. The van der Waals surface area contributed by atoms with Crippen molar-refractivity contribution in [2.45, 2.75) is 13.8 Å². The first-order valence-corrected chi connectivity index (χ1v) is 4.61. The molecule has 1 aromatic rings. The largest absolute Gasteiger partial charge is 0.481 e. The summed E-state index contributed by atoms with van der Waals surface area (Å²) in [6.45, 7) is 3.25. The van der Waals surface area contributed by atoms with Crippen LogP contribution in [-0.2, 0) is 9.59 Å². The fraction of sp³-hybridized carbons (Fsp3) is 0.273. The number of carbonyl (C=O) groups excluding carboxylic acids is 1. The predicted octanol–water partition coefficient (Wildman–Crippen LogP) is 1.65. The first kappa shape index (κ1) is 11.2. The molecular formula is C11H13NO3. The summed E-state index contributed by atoms with van der Waals surface area (Å²) >= 11 is 0. The third-order valence-corrected chi connectivity index (χ3v) is 2.05. The van der Waals surface area contributed by atoms with Crippen LogP contribution < -0.4 is 5.32 Å². The molecule has 0 heterocycles. The highest BCUT2D eigenvalue weighted by Gasteiger charge is 2.20. The highest BCUT2D eigenvalue weighted by atomic mass is 16.4. The molecule has 1 amide bonds. The van der Waals surface area contributed by atoms with Crippen LogP contribution in [0.15, 0.2) is 24.3 Å². The number of benzene rings is 1. The van der Waals surface area contributed by atoms with Gasteiger partial charge in [0.2, 0.25) is 5.91 Å². The Balaban J connectivity index is 2.70. The topological polar surface area (TPSA) is 66.4 Å². The van der Waals surface area contributed by atoms with Crippen molar-refractivity contribution in [3.63, 3.8) is 0 Å². The van der Waals surface area contributed by atoms with Crippen LogP contribution in [0.5, 0.6) is 0 Å². The molecule has 2 N–H and O–H groups in total. The van der Waals surface area contributed by atoms with E-state index in [-0.39, 0.29) is 0 Å². The van der Waals surface area contributed by atoms with Gasteiger partial charge in [-0.25, -0.2) is 0 Å². The van der Waals surface area contributed by atoms with E-state index in [1.165, 1.54) is 6.92 Å². The highest BCUT2D eigenvalue weighted by Crippen LogP contribution is 2.11. The molecule has 0 aliphatic rings. The number of hydrogen-bond donors (Lipinski definition) is 2. The van der Waals surface area contributed by atoms with E-state index in [2.05, 4.69) is 5.32 Å². The molecule has 4 heteroatoms. The first-order valence-electron chi connectivity index (χ1n) is 4.61. The van der Waals surface area contributed by atoms with Crippen molar-refractivity contribution in [1.29, 1.82) is 0 Å². The van der Waals surface area contributed by atoms with Gasteiger partial charge in [-0.1, -0.05) is 12.1 Å². The van der Waals surface area contributed by atoms with E-state index >= 15 is 0 Å². The van der Waals surface area contributed by atoms with E-state index in [1.54, 1.807) is 18.2 Å². The van der Waals surface area contributed by atoms with E-state index < -0.39 is 17.8 Å². The van der Waals surface area contributed by atoms with Crippen molar-refractivity contribution in [2.24, 2.45) is 5.92 Å². The van der Waals surface area contributed by atoms with Gasteiger partial charge in [-0.15, -0.1) is 0 Å². The van der Waals surface area contributed by atoms with Crippen molar-refractivity contribution < 1.29 is 14.7 Å². The minimum absolute atomic E-state index is 0.506. The van der Waals surface area contributed by atoms with Gasteiger partial charge in [0.1, 0.15) is 5.92 Å². The molecule has 1 atom stereocenters. The molecular weight excluding hydrogens is 194 g/mol. The Kier molecular flexibility index (Phi) is 3.44. The van der Waals surface area contributed by atoms with Gasteiger partial charge in [-0.2, -0.15) is 0 Å². The van der Waals surface area contributed by atoms with Gasteiger partial charge in [-0.3, -0.25) is 9.59 Å². The van der Waals surface area contributed by atoms with Gasteiger partial charge in [0, 0.05) is 5.69 Å². The lowest BCUT2D eigenvalue weighted by molar-refractivity contribution is -0.144. The maximum absolute atomic E-state index is 11.4. The smallest absolute Gasteiger partial charge is 0.315 e. The molecule has 0 aromatic heterocycles. The molecule has 0 radical (unpaired) electrons. The molecule has 0 spiro atoms. The predicted molar refractivity (Wildman–Crippen MR) is 56.6 cm³/mol. The standard InChI is InChI=1S/C11H13NO3/c1-7-4-3-5-9(6-7)12-10(13)8(2)11(14)15/h3-6,8H,1-2H3,(H,12,13)(H,14,15). The van der Waals surface area contributed by atoms with Gasteiger partial charge < -0.3 is 10.4 Å². The molecule has 0 bridgehead atoms. The summed E-state index contributed by atoms with van der Waals surface area (Å²) < 4.78 is 0. The Morgan fingerprint density at radius 3 is 2.60 bits per heavy atom. The SMILES string of the molecule is Cc1cccc(NC(=O)C(C)C(=O)O)c1. The van der Waals surface area contributed by atoms with Crippen molar-refractivity contribution in [3.05, 3.63) is 29.8 Å². The number of nitrogens with one attached hydrogen (secondary N) is 1. The van der Waals surface area contributed by atoms with E-state index in [0.29, 0.717) is 5.69 Å². The van der Waals surface area contributed by atoms with E-state index in [0.717, 1.165) is 5.56 Å². The monoisotopic (exact) mass is 207 g/mol. The molecule has 1 rings (SSSR count). The van der Waals surface area contributed by atoms with Crippen molar-refractivity contribution in [3.8, 4) is 0 Å². The quantitative estimate of drug-likeness (QED) is 0.740. The molecule has 0 aliphatic heterocycles. The minimum Gasteiger partial charge on any atom is -0.481 e. The van der Waals surface area contributed by atoms with Crippen LogP contribution in [-0.4, -0.2) is 17.0 Å². The summed E-state index contributed by atoms with van der Waals surface area (Å²) in [7, 11) is 0. The highest BCUT2D eigenvalue weighted by molar-refractivity contribution is 6.03. The molecule has 0 saturated carbocycles. The number of carboxylic acid groups (broad SMARTS) is 1. The normalized spacial score (nSPS) is 11.9. The molecule has 15 heavy (non-hydrogen) atoms. The first-order chi connectivity index (χ1) is 7.00. The number of carboxylic acids is 1. The number of aliphatic carboxylic acids is 1. The van der Waals surface area contributed by atoms with Gasteiger partial charge in [0.25, 0.3) is 0 Å². The minimum atomic E-state index is -1.12. The average molecular weight is 207 g/mol. The Labute approximate surface area is 87.9 Å². The lowest BCUT2D eigenvalue weighted by Crippen LogP contribution is -2.26. The number of amides is 1. The fourth-order valence-corrected chi connectivity index (χ4v) is 1.09. The van der Waals surface area contributed by atoms with E-state index in [4.69, 9.17) is 5.11 Å². The van der Waals surface area contributed by atoms with Crippen molar-refractivity contribution in [2.75, 3.05) is 5.32 Å². The number of aryl methyl sites for hydroxylation is 1. The zero-order valence-corrected chi connectivity index (χ0v) is 8.65. The summed E-state index contributed by atoms with van der Waals surface area (Å²) in [4.78, 5) is 21.9. The number of anilines is 1. The number of carbonyl (C=O) groups is 2. The van der Waals surface area contributed by atoms with Crippen LogP contribution in [0.2, 0.25) is 0 Å². The Morgan fingerprint density at radius 2 is 2.07 bits per heavy atom. The fourth-order valence-electron chi connectivity index (χ4n) is 1.09. The number of hydrogen-bond acceptors (Lipinski definition) is 2. The van der Waals surface area contributed by atoms with E-state index in [9.17, 15) is 9.59 Å². The van der Waals surface area contributed by atoms with Crippen molar-refractivity contribution in [1.82, 2.24) is 0 Å². The van der Waals surface area contributed by atoms with Gasteiger partial charge in [0.15, 0.2) is 0 Å². The maximum atomic E-state index is 11.4. The summed E-state index contributed by atoms with van der Waals surface area (Å²) in [5, 5.41) is 11.2. The van der Waals surface area contributed by atoms with Crippen LogP contribution in [0.4, 0.5) is 5.69 Å². The Bertz CT molecular complexity index is 387. The second kappa shape index (κ2) is 4.59. The third kappa shape index (κ3) is 3.09. The molecule has 4 nitrogen and oxygen atoms in total. The lowest BCUT2D eigenvalue weighted by atomic mass is 10.1. The zero-order valence-electron chi connectivity index (χ0n) is 8.65. The lowest BCUT2D eigenvalue weighted by Gasteiger charge is -2.08. The number of rotatable bonds is 3. The average Bonchev–Trinajstić information content (AvgIpc) is 2.16. The van der Waals surface area contributed by atoms with Crippen molar-refractivity contribution >= 4 is 17.6 Å². The maximum Gasteiger partial charge on any atom is 0.315 e. The Morgan fingerprint density at radius 1 is 1.40 bits per heavy atom. The van der Waals surface area contributed by atoms with Crippen LogP contribution in [0, 0.1) is 12.8 Å². The van der Waals surface area contributed by atoms with Crippen LogP contribution >= 0.6 is 0 Å². The molecule has 0 fully saturated rings. The third-order valence-electron chi connectivity index (χ3n) is 2.05. The molecule has 1 unspecified atom stereocenters. The zero-order chi connectivity index (χ0) is 11.4. The second-order valence-corrected chi connectivity index (χ2v) is 3.42. The summed E-state index contributed by atoms with van der Waals surface area (Å²) in [6.07, 6.45) is 0. The summed E-state index contributed by atoms with van der Waals surface area (Å²) in [5.41, 5.74) is 1.63. The second-order valence-electron chi connectivity index (χ2n) is 3.42. The van der Waals surface area contributed by atoms with Crippen LogP contribution in [0.25, 0.3) is 0 Å². The molecule has 1 aromatic carbocycles. The van der Waals surface area contributed by atoms with Crippen LogP contribution in [0.1, 0.15) is 12.5 Å². The van der Waals surface area contributed by atoms with Crippen LogP contribution in [0.3, 0.4) is 0 Å². The molecule has 0 aliphatic carbocycles. The van der Waals surface area contributed by atoms with E-state index in [1.807, 2.05) is 13.0 Å².